The minimum absolute atomic E-state index is 0.0800. The van der Waals surface area contributed by atoms with Crippen LogP contribution in [-0.2, 0) is 4.79 Å². The number of para-hydroxylation sites is 1. The number of anilines is 1. The number of amides is 1. The van der Waals surface area contributed by atoms with Crippen molar-refractivity contribution < 1.29 is 19.1 Å². The smallest absolute Gasteiger partial charge is 0.308 e. The molecule has 8 nitrogen and oxygen atoms in total. The fraction of sp³-hybridized carbons (Fsp3) is 0.200. The number of aromatic nitrogens is 2. The van der Waals surface area contributed by atoms with E-state index in [2.05, 4.69) is 9.88 Å². The van der Waals surface area contributed by atoms with Crippen molar-refractivity contribution in [2.75, 3.05) is 31.1 Å². The van der Waals surface area contributed by atoms with E-state index in [9.17, 15) is 9.59 Å². The number of nitrogens with zero attached hydrogens (tertiary/aromatic N) is 4. The average molecular weight is 509 g/mol. The summed E-state index contributed by atoms with van der Waals surface area (Å²) in [6.07, 6.45) is 1.76. The zero-order chi connectivity index (χ0) is 26.5. The van der Waals surface area contributed by atoms with Gasteiger partial charge in [0.15, 0.2) is 0 Å². The van der Waals surface area contributed by atoms with E-state index in [1.54, 1.807) is 31.3 Å². The van der Waals surface area contributed by atoms with Gasteiger partial charge in [0, 0.05) is 56.0 Å². The van der Waals surface area contributed by atoms with Crippen LogP contribution in [0.25, 0.3) is 11.3 Å². The largest absolute Gasteiger partial charge is 0.457 e. The van der Waals surface area contributed by atoms with Crippen LogP contribution < -0.4 is 14.4 Å². The third-order valence-corrected chi connectivity index (χ3v) is 6.39. The molecule has 0 unspecified atom stereocenters. The molecule has 38 heavy (non-hydrogen) atoms. The van der Waals surface area contributed by atoms with Gasteiger partial charge in [0.1, 0.15) is 17.2 Å². The number of benzene rings is 3. The first-order chi connectivity index (χ1) is 18.5. The molecule has 0 bridgehead atoms. The molecule has 0 radical (unpaired) electrons. The van der Waals surface area contributed by atoms with Gasteiger partial charge in [-0.25, -0.2) is 9.97 Å². The zero-order valence-corrected chi connectivity index (χ0v) is 21.3. The Morgan fingerprint density at radius 3 is 2.24 bits per heavy atom. The molecule has 0 saturated carbocycles. The monoisotopic (exact) mass is 508 g/mol. The van der Waals surface area contributed by atoms with Crippen molar-refractivity contribution in [3.63, 3.8) is 0 Å². The van der Waals surface area contributed by atoms with E-state index < -0.39 is 5.97 Å². The second kappa shape index (κ2) is 11.1. The molecule has 3 aromatic carbocycles. The molecule has 1 amide bonds. The fourth-order valence-corrected chi connectivity index (χ4v) is 4.37. The van der Waals surface area contributed by atoms with Crippen LogP contribution in [0.3, 0.4) is 0 Å². The number of rotatable bonds is 6. The number of esters is 1. The van der Waals surface area contributed by atoms with E-state index in [0.29, 0.717) is 49.0 Å². The summed E-state index contributed by atoms with van der Waals surface area (Å²) in [4.78, 5) is 37.7. The first-order valence-electron chi connectivity index (χ1n) is 12.5. The van der Waals surface area contributed by atoms with E-state index in [1.807, 2.05) is 65.6 Å². The van der Waals surface area contributed by atoms with Crippen molar-refractivity contribution >= 4 is 17.8 Å². The van der Waals surface area contributed by atoms with Gasteiger partial charge in [-0.2, -0.15) is 0 Å². The number of carbonyl (C=O) groups is 2. The normalized spacial score (nSPS) is 13.2. The summed E-state index contributed by atoms with van der Waals surface area (Å²) in [5.41, 5.74) is 2.98. The average Bonchev–Trinajstić information content (AvgIpc) is 2.95. The van der Waals surface area contributed by atoms with Crippen LogP contribution in [0, 0.1) is 6.92 Å². The lowest BCUT2D eigenvalue weighted by Gasteiger charge is -2.35. The Balaban J connectivity index is 1.23. The van der Waals surface area contributed by atoms with Crippen LogP contribution in [0.5, 0.6) is 17.2 Å². The first kappa shape index (κ1) is 25.0. The van der Waals surface area contributed by atoms with Crippen molar-refractivity contribution in [1.82, 2.24) is 14.9 Å². The number of carbonyl (C=O) groups excluding carboxylic acids is 2. The molecule has 1 aromatic heterocycles. The second-order valence-electron chi connectivity index (χ2n) is 8.98. The Bertz CT molecular complexity index is 1430. The maximum atomic E-state index is 13.2. The van der Waals surface area contributed by atoms with Crippen molar-refractivity contribution in [3.8, 4) is 28.5 Å². The number of hydrogen-bond donors (Lipinski definition) is 0. The van der Waals surface area contributed by atoms with Gasteiger partial charge in [-0.1, -0.05) is 24.3 Å². The summed E-state index contributed by atoms with van der Waals surface area (Å²) in [6.45, 7) is 5.44. The van der Waals surface area contributed by atoms with Gasteiger partial charge >= 0.3 is 5.97 Å². The molecule has 1 aliphatic heterocycles. The Hall–Kier alpha value is -4.72. The zero-order valence-electron chi connectivity index (χ0n) is 21.3. The Kier molecular flexibility index (Phi) is 7.31. The van der Waals surface area contributed by atoms with E-state index >= 15 is 0 Å². The molecule has 0 atom stereocenters. The van der Waals surface area contributed by atoms with E-state index in [-0.39, 0.29) is 5.91 Å². The van der Waals surface area contributed by atoms with Crippen LogP contribution in [0.4, 0.5) is 5.95 Å². The predicted molar refractivity (Wildman–Crippen MR) is 145 cm³/mol. The predicted octanol–water partition coefficient (Wildman–Crippen LogP) is 5.13. The summed E-state index contributed by atoms with van der Waals surface area (Å²) in [6, 6.07) is 24.5. The van der Waals surface area contributed by atoms with Crippen molar-refractivity contribution in [3.05, 3.63) is 96.2 Å². The molecule has 0 N–H and O–H groups in total. The molecule has 1 aliphatic rings. The molecule has 8 heteroatoms. The number of ether oxygens (including phenoxy) is 2. The number of hydrogen-bond acceptors (Lipinski definition) is 7. The highest BCUT2D eigenvalue weighted by atomic mass is 16.5. The molecule has 5 rings (SSSR count). The topological polar surface area (TPSA) is 84.9 Å². The fourth-order valence-electron chi connectivity index (χ4n) is 4.37. The lowest BCUT2D eigenvalue weighted by molar-refractivity contribution is -0.131. The van der Waals surface area contributed by atoms with Gasteiger partial charge in [-0.05, 0) is 61.5 Å². The van der Waals surface area contributed by atoms with E-state index in [0.717, 1.165) is 22.8 Å². The molecular weight excluding hydrogens is 480 g/mol. The van der Waals surface area contributed by atoms with Gasteiger partial charge < -0.3 is 19.3 Å². The highest BCUT2D eigenvalue weighted by molar-refractivity contribution is 5.96. The summed E-state index contributed by atoms with van der Waals surface area (Å²) in [7, 11) is 0. The van der Waals surface area contributed by atoms with Crippen molar-refractivity contribution in [2.24, 2.45) is 0 Å². The third-order valence-electron chi connectivity index (χ3n) is 6.39. The summed E-state index contributed by atoms with van der Waals surface area (Å²) in [5.74, 6) is 2.09. The van der Waals surface area contributed by atoms with E-state index in [1.165, 1.54) is 6.92 Å². The van der Waals surface area contributed by atoms with Gasteiger partial charge in [-0.3, -0.25) is 9.59 Å². The molecule has 1 saturated heterocycles. The molecule has 0 aliphatic carbocycles. The van der Waals surface area contributed by atoms with Gasteiger partial charge in [0.2, 0.25) is 5.95 Å². The van der Waals surface area contributed by atoms with Crippen LogP contribution >= 0.6 is 0 Å². The molecule has 2 heterocycles. The summed E-state index contributed by atoms with van der Waals surface area (Å²) in [5, 5.41) is 0. The molecule has 1 fully saturated rings. The molecule has 4 aromatic rings. The molecular formula is C30H28N4O4. The molecule has 0 spiro atoms. The van der Waals surface area contributed by atoms with Gasteiger partial charge in [-0.15, -0.1) is 0 Å². The summed E-state index contributed by atoms with van der Waals surface area (Å²) < 4.78 is 11.1. The van der Waals surface area contributed by atoms with Crippen molar-refractivity contribution in [2.45, 2.75) is 13.8 Å². The maximum absolute atomic E-state index is 13.2. The third kappa shape index (κ3) is 5.64. The lowest BCUT2D eigenvalue weighted by atomic mass is 10.1. The Morgan fingerprint density at radius 1 is 0.816 bits per heavy atom. The van der Waals surface area contributed by atoms with Crippen molar-refractivity contribution in [1.29, 1.82) is 0 Å². The standard InChI is InChI=1S/C30H28N4O4/c1-21-26(9-6-10-28(21)37-22(2)35)29(36)33-17-19-34(20-18-33)30-31-16-15-27(32-30)23-11-13-25(14-12-23)38-24-7-4-3-5-8-24/h3-16H,17-20H2,1-2H3. The van der Waals surface area contributed by atoms with Crippen LogP contribution in [0.2, 0.25) is 0 Å². The van der Waals surface area contributed by atoms with E-state index in [4.69, 9.17) is 14.5 Å². The van der Waals surface area contributed by atoms with Gasteiger partial charge in [0.05, 0.1) is 5.69 Å². The van der Waals surface area contributed by atoms with Crippen LogP contribution in [0.15, 0.2) is 85.1 Å². The molecule has 192 valence electrons. The quantitative estimate of drug-likeness (QED) is 0.264. The van der Waals surface area contributed by atoms with Crippen LogP contribution in [0.1, 0.15) is 22.8 Å². The number of piperazine rings is 1. The Labute approximate surface area is 221 Å². The minimum atomic E-state index is -0.412. The summed E-state index contributed by atoms with van der Waals surface area (Å²) >= 11 is 0. The SMILES string of the molecule is CC(=O)Oc1cccc(C(=O)N2CCN(c3nccc(-c4ccc(Oc5ccccc5)cc4)n3)CC2)c1C. The van der Waals surface area contributed by atoms with Crippen LogP contribution in [-0.4, -0.2) is 52.9 Å². The first-order valence-corrected chi connectivity index (χ1v) is 12.5. The second-order valence-corrected chi connectivity index (χ2v) is 8.98. The maximum Gasteiger partial charge on any atom is 0.308 e. The Morgan fingerprint density at radius 2 is 1.53 bits per heavy atom. The highest BCUT2D eigenvalue weighted by Crippen LogP contribution is 2.27. The minimum Gasteiger partial charge on any atom is -0.457 e. The lowest BCUT2D eigenvalue weighted by Crippen LogP contribution is -2.49. The van der Waals surface area contributed by atoms with Gasteiger partial charge in [0.25, 0.3) is 5.91 Å². The highest BCUT2D eigenvalue weighted by Gasteiger charge is 2.25.